The minimum Gasteiger partial charge on any atom is -0.360 e. The van der Waals surface area contributed by atoms with E-state index in [1.165, 1.54) is 24.6 Å². The molecule has 0 aliphatic rings. The number of carbonyl (C=O) groups excluding carboxylic acids is 1. The Morgan fingerprint density at radius 3 is 2.54 bits per heavy atom. The highest BCUT2D eigenvalue weighted by molar-refractivity contribution is 6.07. The van der Waals surface area contributed by atoms with E-state index >= 15 is 0 Å². The van der Waals surface area contributed by atoms with Gasteiger partial charge >= 0.3 is 0 Å². The summed E-state index contributed by atoms with van der Waals surface area (Å²) in [5.41, 5.74) is 4.96. The normalized spacial score (nSPS) is 10.9. The molecule has 0 heterocycles. The van der Waals surface area contributed by atoms with Gasteiger partial charge in [0.2, 0.25) is 0 Å². The lowest BCUT2D eigenvalue weighted by molar-refractivity contribution is -0.112. The molecule has 0 fully saturated rings. The van der Waals surface area contributed by atoms with Crippen LogP contribution in [0.3, 0.4) is 0 Å². The Balaban J connectivity index is 2.04. The number of nitrogens with one attached hydrogen (secondary N) is 2. The summed E-state index contributed by atoms with van der Waals surface area (Å²) < 4.78 is 0. The molecule has 1 amide bonds. The first kappa shape index (κ1) is 19.3. The van der Waals surface area contributed by atoms with Gasteiger partial charge in [-0.05, 0) is 61.6 Å². The van der Waals surface area contributed by atoms with Gasteiger partial charge in [0.1, 0.15) is 11.6 Å². The second-order valence-electron chi connectivity index (χ2n) is 6.32. The van der Waals surface area contributed by atoms with Crippen LogP contribution in [0.5, 0.6) is 0 Å². The van der Waals surface area contributed by atoms with E-state index in [9.17, 15) is 10.1 Å². The number of unbranched alkanes of at least 4 members (excludes halogenated alkanes) is 1. The molecule has 0 unspecified atom stereocenters. The molecule has 0 bridgehead atoms. The van der Waals surface area contributed by atoms with E-state index in [4.69, 9.17) is 0 Å². The van der Waals surface area contributed by atoms with Crippen LogP contribution in [0.4, 0.5) is 11.4 Å². The second kappa shape index (κ2) is 9.43. The molecule has 0 saturated carbocycles. The van der Waals surface area contributed by atoms with Gasteiger partial charge in [0, 0.05) is 17.6 Å². The van der Waals surface area contributed by atoms with Crippen LogP contribution >= 0.6 is 0 Å². The van der Waals surface area contributed by atoms with Gasteiger partial charge in [0.25, 0.3) is 5.91 Å². The van der Waals surface area contributed by atoms with Crippen LogP contribution in [-0.4, -0.2) is 5.91 Å². The number of aryl methyl sites for hydroxylation is 2. The quantitative estimate of drug-likeness (QED) is 0.541. The molecule has 4 heteroatoms. The van der Waals surface area contributed by atoms with Gasteiger partial charge in [-0.15, -0.1) is 0 Å². The maximum Gasteiger partial charge on any atom is 0.267 e. The SMILES string of the molecule is CCCCc1ccc(N/C=C(/C#N)C(=O)Nc2cccc(C)c2C)cc1. The number of nitriles is 1. The van der Waals surface area contributed by atoms with Crippen LogP contribution in [-0.2, 0) is 11.2 Å². The highest BCUT2D eigenvalue weighted by Crippen LogP contribution is 2.19. The van der Waals surface area contributed by atoms with Gasteiger partial charge in [-0.2, -0.15) is 5.26 Å². The van der Waals surface area contributed by atoms with Crippen LogP contribution in [0.15, 0.2) is 54.2 Å². The first-order chi connectivity index (χ1) is 12.5. The van der Waals surface area contributed by atoms with Crippen molar-refractivity contribution < 1.29 is 4.79 Å². The average molecular weight is 347 g/mol. The Kier molecular flexibility index (Phi) is 6.99. The molecule has 2 rings (SSSR count). The Bertz CT molecular complexity index is 829. The number of carbonyl (C=O) groups is 1. The lowest BCUT2D eigenvalue weighted by atomic mass is 10.1. The fraction of sp³-hybridized carbons (Fsp3) is 0.273. The van der Waals surface area contributed by atoms with Crippen molar-refractivity contribution in [2.24, 2.45) is 0 Å². The molecule has 0 aliphatic carbocycles. The summed E-state index contributed by atoms with van der Waals surface area (Å²) in [5, 5.41) is 15.1. The van der Waals surface area contributed by atoms with E-state index in [-0.39, 0.29) is 5.57 Å². The first-order valence-electron chi connectivity index (χ1n) is 8.88. The van der Waals surface area contributed by atoms with Crippen molar-refractivity contribution in [3.8, 4) is 6.07 Å². The van der Waals surface area contributed by atoms with E-state index in [1.54, 1.807) is 0 Å². The molecule has 26 heavy (non-hydrogen) atoms. The van der Waals surface area contributed by atoms with Gasteiger partial charge in [-0.3, -0.25) is 4.79 Å². The number of anilines is 2. The summed E-state index contributed by atoms with van der Waals surface area (Å²) in [4.78, 5) is 12.4. The van der Waals surface area contributed by atoms with Gasteiger partial charge < -0.3 is 10.6 Å². The van der Waals surface area contributed by atoms with Crippen LogP contribution in [0.2, 0.25) is 0 Å². The summed E-state index contributed by atoms with van der Waals surface area (Å²) in [6.45, 7) is 6.10. The molecular formula is C22H25N3O. The standard InChI is InChI=1S/C22H25N3O/c1-4-5-8-18-10-12-20(13-11-18)24-15-19(14-23)22(26)25-21-9-6-7-16(2)17(21)3/h6-7,9-13,15,24H,4-5,8H2,1-3H3,(H,25,26)/b19-15-. The molecule has 0 aromatic heterocycles. The highest BCUT2D eigenvalue weighted by atomic mass is 16.1. The second-order valence-corrected chi connectivity index (χ2v) is 6.32. The largest absolute Gasteiger partial charge is 0.360 e. The van der Waals surface area contributed by atoms with Crippen LogP contribution in [0, 0.1) is 25.2 Å². The molecule has 134 valence electrons. The first-order valence-corrected chi connectivity index (χ1v) is 8.88. The Hall–Kier alpha value is -3.06. The molecule has 0 spiro atoms. The molecule has 2 aromatic carbocycles. The minimum atomic E-state index is -0.423. The lowest BCUT2D eigenvalue weighted by Crippen LogP contribution is -2.15. The molecule has 0 atom stereocenters. The van der Waals surface area contributed by atoms with Crippen molar-refractivity contribution in [1.29, 1.82) is 5.26 Å². The number of rotatable bonds is 7. The zero-order chi connectivity index (χ0) is 18.9. The summed E-state index contributed by atoms with van der Waals surface area (Å²) in [7, 11) is 0. The smallest absolute Gasteiger partial charge is 0.267 e. The number of amides is 1. The molecular weight excluding hydrogens is 322 g/mol. The maximum atomic E-state index is 12.4. The minimum absolute atomic E-state index is 0.0287. The topological polar surface area (TPSA) is 64.9 Å². The van der Waals surface area contributed by atoms with Crippen LogP contribution in [0.1, 0.15) is 36.5 Å². The molecule has 0 aliphatic heterocycles. The predicted molar refractivity (Wildman–Crippen MR) is 107 cm³/mol. The van der Waals surface area contributed by atoms with Crippen LogP contribution in [0.25, 0.3) is 0 Å². The van der Waals surface area contributed by atoms with Crippen molar-refractivity contribution in [2.45, 2.75) is 40.0 Å². The van der Waals surface area contributed by atoms with Crippen molar-refractivity contribution in [1.82, 2.24) is 0 Å². The van der Waals surface area contributed by atoms with E-state index in [0.717, 1.165) is 28.9 Å². The third-order valence-corrected chi connectivity index (χ3v) is 4.37. The Morgan fingerprint density at radius 1 is 1.15 bits per heavy atom. The molecule has 0 radical (unpaired) electrons. The summed E-state index contributed by atoms with van der Waals surface area (Å²) in [6, 6.07) is 15.7. The van der Waals surface area contributed by atoms with Gasteiger partial charge in [-0.25, -0.2) is 0 Å². The fourth-order valence-corrected chi connectivity index (χ4v) is 2.53. The van der Waals surface area contributed by atoms with E-state index in [1.807, 2.05) is 50.2 Å². The lowest BCUT2D eigenvalue weighted by Gasteiger charge is -2.10. The summed E-state index contributed by atoms with van der Waals surface area (Å²) in [6.07, 6.45) is 4.85. The number of hydrogen-bond donors (Lipinski definition) is 2. The zero-order valence-corrected chi connectivity index (χ0v) is 15.6. The van der Waals surface area contributed by atoms with E-state index in [0.29, 0.717) is 0 Å². The van der Waals surface area contributed by atoms with E-state index in [2.05, 4.69) is 29.7 Å². The monoisotopic (exact) mass is 347 g/mol. The zero-order valence-electron chi connectivity index (χ0n) is 15.6. The summed E-state index contributed by atoms with van der Waals surface area (Å²) in [5.74, 6) is -0.423. The van der Waals surface area contributed by atoms with E-state index < -0.39 is 5.91 Å². The number of benzene rings is 2. The predicted octanol–water partition coefficient (Wildman–Crippen LogP) is 5.10. The molecule has 4 nitrogen and oxygen atoms in total. The fourth-order valence-electron chi connectivity index (χ4n) is 2.53. The van der Waals surface area contributed by atoms with Gasteiger partial charge in [0.05, 0.1) is 0 Å². The van der Waals surface area contributed by atoms with Crippen molar-refractivity contribution in [3.05, 3.63) is 70.9 Å². The van der Waals surface area contributed by atoms with Crippen molar-refractivity contribution in [2.75, 3.05) is 10.6 Å². The summed E-state index contributed by atoms with van der Waals surface area (Å²) >= 11 is 0. The third kappa shape index (κ3) is 5.22. The average Bonchev–Trinajstić information content (AvgIpc) is 2.65. The molecule has 2 N–H and O–H groups in total. The van der Waals surface area contributed by atoms with Crippen molar-refractivity contribution in [3.63, 3.8) is 0 Å². The van der Waals surface area contributed by atoms with Crippen LogP contribution < -0.4 is 10.6 Å². The highest BCUT2D eigenvalue weighted by Gasteiger charge is 2.11. The Morgan fingerprint density at radius 2 is 1.88 bits per heavy atom. The number of hydrogen-bond acceptors (Lipinski definition) is 3. The Labute approximate surface area is 155 Å². The van der Waals surface area contributed by atoms with Gasteiger partial charge in [0.15, 0.2) is 0 Å². The third-order valence-electron chi connectivity index (χ3n) is 4.37. The van der Waals surface area contributed by atoms with Gasteiger partial charge in [-0.1, -0.05) is 37.6 Å². The number of nitrogens with zero attached hydrogens (tertiary/aromatic N) is 1. The van der Waals surface area contributed by atoms with Crippen molar-refractivity contribution >= 4 is 17.3 Å². The molecule has 2 aromatic rings. The maximum absolute atomic E-state index is 12.4. The molecule has 0 saturated heterocycles.